The van der Waals surface area contributed by atoms with E-state index in [1.165, 1.54) is 38.4 Å². The maximum absolute atomic E-state index is 11.2. The fourth-order valence-electron chi connectivity index (χ4n) is 4.85. The molecule has 1 aliphatic carbocycles. The van der Waals surface area contributed by atoms with Gasteiger partial charge in [-0.3, -0.25) is 9.69 Å². The molecule has 2 heterocycles. The summed E-state index contributed by atoms with van der Waals surface area (Å²) in [4.78, 5) is 13.8. The van der Waals surface area contributed by atoms with Gasteiger partial charge in [0.05, 0.1) is 19.3 Å². The van der Waals surface area contributed by atoms with Crippen molar-refractivity contribution >= 4 is 5.97 Å². The lowest BCUT2D eigenvalue weighted by Crippen LogP contribution is -2.60. The summed E-state index contributed by atoms with van der Waals surface area (Å²) in [5, 5.41) is 0. The van der Waals surface area contributed by atoms with Crippen LogP contribution in [0.25, 0.3) is 0 Å². The zero-order valence-electron chi connectivity index (χ0n) is 13.7. The van der Waals surface area contributed by atoms with Gasteiger partial charge < -0.3 is 9.47 Å². The van der Waals surface area contributed by atoms with Gasteiger partial charge in [-0.15, -0.1) is 0 Å². The molecule has 3 fully saturated rings. The molecule has 124 valence electrons. The van der Waals surface area contributed by atoms with Crippen LogP contribution in [-0.2, 0) is 14.3 Å². The predicted octanol–water partition coefficient (Wildman–Crippen LogP) is 2.65. The van der Waals surface area contributed by atoms with Crippen LogP contribution in [0.4, 0.5) is 0 Å². The first-order valence-electron chi connectivity index (χ1n) is 8.79. The van der Waals surface area contributed by atoms with E-state index >= 15 is 0 Å². The van der Waals surface area contributed by atoms with Gasteiger partial charge in [0.25, 0.3) is 0 Å². The van der Waals surface area contributed by atoms with E-state index in [4.69, 9.17) is 9.47 Å². The summed E-state index contributed by atoms with van der Waals surface area (Å²) in [5.74, 6) is 1.31. The number of carbonyl (C=O) groups excluding carboxylic acids is 1. The second-order valence-corrected chi connectivity index (χ2v) is 7.11. The lowest BCUT2D eigenvalue weighted by atomic mass is 9.59. The molecule has 2 saturated heterocycles. The standard InChI is InChI=1S/C19H25NO3/c1-13(21)22-12-16-15-11-23-19(14-7-3-2-4-8-14)17(15)18(16)20-9-5-6-10-20/h2-4,7-8,15-19H,5-6,9-12H2,1H3/t15-,16+,17-,18-,19-/m0/s1. The van der Waals surface area contributed by atoms with Crippen molar-refractivity contribution in [1.29, 1.82) is 0 Å². The summed E-state index contributed by atoms with van der Waals surface area (Å²) < 4.78 is 11.5. The van der Waals surface area contributed by atoms with Crippen LogP contribution in [0.2, 0.25) is 0 Å². The van der Waals surface area contributed by atoms with Crippen LogP contribution in [0.5, 0.6) is 0 Å². The third-order valence-electron chi connectivity index (χ3n) is 5.86. The fraction of sp³-hybridized carbons (Fsp3) is 0.632. The number of carbonyl (C=O) groups is 1. The molecule has 1 aromatic carbocycles. The predicted molar refractivity (Wildman–Crippen MR) is 86.8 cm³/mol. The van der Waals surface area contributed by atoms with E-state index in [-0.39, 0.29) is 12.1 Å². The average Bonchev–Trinajstić information content (AvgIpc) is 3.18. The third kappa shape index (κ3) is 2.68. The summed E-state index contributed by atoms with van der Waals surface area (Å²) in [5.41, 5.74) is 1.29. The minimum atomic E-state index is -0.174. The highest BCUT2D eigenvalue weighted by molar-refractivity contribution is 5.65. The van der Waals surface area contributed by atoms with Gasteiger partial charge in [-0.25, -0.2) is 0 Å². The molecule has 0 unspecified atom stereocenters. The Morgan fingerprint density at radius 1 is 1.26 bits per heavy atom. The van der Waals surface area contributed by atoms with Crippen LogP contribution in [-0.4, -0.2) is 43.2 Å². The van der Waals surface area contributed by atoms with Gasteiger partial charge in [0.15, 0.2) is 0 Å². The van der Waals surface area contributed by atoms with E-state index in [9.17, 15) is 4.79 Å². The van der Waals surface area contributed by atoms with E-state index in [1.54, 1.807) is 0 Å². The van der Waals surface area contributed by atoms with E-state index in [2.05, 4.69) is 35.2 Å². The second kappa shape index (κ2) is 6.25. The average molecular weight is 315 g/mol. The molecular weight excluding hydrogens is 290 g/mol. The van der Waals surface area contributed by atoms with Crippen LogP contribution in [0.3, 0.4) is 0 Å². The van der Waals surface area contributed by atoms with Gasteiger partial charge in [0.2, 0.25) is 0 Å². The summed E-state index contributed by atoms with van der Waals surface area (Å²) in [6.45, 7) is 5.18. The highest BCUT2D eigenvalue weighted by Crippen LogP contribution is 2.56. The number of nitrogens with zero attached hydrogens (tertiary/aromatic N) is 1. The smallest absolute Gasteiger partial charge is 0.302 e. The molecule has 3 aliphatic rings. The maximum Gasteiger partial charge on any atom is 0.302 e. The third-order valence-corrected chi connectivity index (χ3v) is 5.86. The van der Waals surface area contributed by atoms with Crippen molar-refractivity contribution in [3.63, 3.8) is 0 Å². The number of fused-ring (bicyclic) bond motifs is 1. The van der Waals surface area contributed by atoms with E-state index in [1.807, 2.05) is 0 Å². The Hall–Kier alpha value is -1.39. The molecule has 0 N–H and O–H groups in total. The molecular formula is C19H25NO3. The van der Waals surface area contributed by atoms with Crippen molar-refractivity contribution in [2.24, 2.45) is 17.8 Å². The first kappa shape index (κ1) is 15.2. The zero-order chi connectivity index (χ0) is 15.8. The monoisotopic (exact) mass is 315 g/mol. The number of hydrogen-bond acceptors (Lipinski definition) is 4. The lowest BCUT2D eigenvalue weighted by Gasteiger charge is -2.53. The Kier molecular flexibility index (Phi) is 4.12. The minimum Gasteiger partial charge on any atom is -0.466 e. The number of ether oxygens (including phenoxy) is 2. The molecule has 0 bridgehead atoms. The Morgan fingerprint density at radius 3 is 2.70 bits per heavy atom. The molecule has 4 heteroatoms. The van der Waals surface area contributed by atoms with Gasteiger partial charge in [-0.2, -0.15) is 0 Å². The van der Waals surface area contributed by atoms with Gasteiger partial charge >= 0.3 is 5.97 Å². The molecule has 0 aromatic heterocycles. The van der Waals surface area contributed by atoms with Gasteiger partial charge in [0.1, 0.15) is 0 Å². The summed E-state index contributed by atoms with van der Waals surface area (Å²) in [6, 6.07) is 11.1. The minimum absolute atomic E-state index is 0.174. The quantitative estimate of drug-likeness (QED) is 0.801. The largest absolute Gasteiger partial charge is 0.466 e. The molecule has 0 radical (unpaired) electrons. The maximum atomic E-state index is 11.2. The van der Waals surface area contributed by atoms with Crippen molar-refractivity contribution < 1.29 is 14.3 Å². The molecule has 2 aliphatic heterocycles. The number of likely N-dealkylation sites (tertiary alicyclic amines) is 1. The highest BCUT2D eigenvalue weighted by Gasteiger charge is 2.60. The van der Waals surface area contributed by atoms with E-state index in [0.717, 1.165) is 6.61 Å². The Morgan fingerprint density at radius 2 is 2.00 bits per heavy atom. The van der Waals surface area contributed by atoms with Crippen molar-refractivity contribution in [3.05, 3.63) is 35.9 Å². The summed E-state index contributed by atoms with van der Waals surface area (Å²) in [7, 11) is 0. The van der Waals surface area contributed by atoms with Crippen LogP contribution >= 0.6 is 0 Å². The van der Waals surface area contributed by atoms with Crippen LogP contribution in [0.1, 0.15) is 31.4 Å². The molecule has 1 aromatic rings. The number of hydrogen-bond donors (Lipinski definition) is 0. The van der Waals surface area contributed by atoms with Crippen molar-refractivity contribution in [3.8, 4) is 0 Å². The van der Waals surface area contributed by atoms with Crippen molar-refractivity contribution in [2.45, 2.75) is 31.9 Å². The molecule has 4 nitrogen and oxygen atoms in total. The van der Waals surface area contributed by atoms with Crippen LogP contribution in [0.15, 0.2) is 30.3 Å². The van der Waals surface area contributed by atoms with Crippen LogP contribution < -0.4 is 0 Å². The van der Waals surface area contributed by atoms with E-state index in [0.29, 0.717) is 30.4 Å². The first-order valence-corrected chi connectivity index (χ1v) is 8.79. The second-order valence-electron chi connectivity index (χ2n) is 7.11. The first-order chi connectivity index (χ1) is 11.3. The normalized spacial score (nSPS) is 36.5. The topological polar surface area (TPSA) is 38.8 Å². The SMILES string of the molecule is CC(=O)OC[C@@H]1[C@@H]2CO[C@@H](c3ccccc3)[C@@H]2[C@H]1N1CCCC1. The summed E-state index contributed by atoms with van der Waals surface area (Å²) in [6.07, 6.45) is 2.76. The summed E-state index contributed by atoms with van der Waals surface area (Å²) >= 11 is 0. The zero-order valence-corrected chi connectivity index (χ0v) is 13.7. The molecule has 4 rings (SSSR count). The lowest BCUT2D eigenvalue weighted by molar-refractivity contribution is -0.149. The van der Waals surface area contributed by atoms with Crippen molar-refractivity contribution in [2.75, 3.05) is 26.3 Å². The molecule has 0 spiro atoms. The van der Waals surface area contributed by atoms with Gasteiger partial charge in [0, 0.05) is 24.8 Å². The Balaban J connectivity index is 1.54. The van der Waals surface area contributed by atoms with Crippen LogP contribution in [0, 0.1) is 17.8 Å². The van der Waals surface area contributed by atoms with E-state index < -0.39 is 0 Å². The molecule has 1 saturated carbocycles. The highest BCUT2D eigenvalue weighted by atomic mass is 16.5. The number of rotatable bonds is 4. The number of esters is 1. The van der Waals surface area contributed by atoms with Gasteiger partial charge in [-0.05, 0) is 37.4 Å². The van der Waals surface area contributed by atoms with Gasteiger partial charge in [-0.1, -0.05) is 30.3 Å². The molecule has 0 amide bonds. The molecule has 23 heavy (non-hydrogen) atoms. The van der Waals surface area contributed by atoms with Crippen molar-refractivity contribution in [1.82, 2.24) is 4.90 Å². The fourth-order valence-corrected chi connectivity index (χ4v) is 4.85. The Labute approximate surface area is 137 Å². The molecule has 5 atom stereocenters. The Bertz CT molecular complexity index is 555. The number of benzene rings is 1.